The molecule has 1 heterocycles. The lowest BCUT2D eigenvalue weighted by Gasteiger charge is -2.30. The van der Waals surface area contributed by atoms with Crippen LogP contribution in [0.1, 0.15) is 43.2 Å². The van der Waals surface area contributed by atoms with Crippen LogP contribution in [0.3, 0.4) is 0 Å². The number of amides is 1. The summed E-state index contributed by atoms with van der Waals surface area (Å²) < 4.78 is 5.43. The zero-order valence-electron chi connectivity index (χ0n) is 17.7. The Bertz CT molecular complexity index is 1030. The molecule has 2 fully saturated rings. The topological polar surface area (TPSA) is 41.9 Å². The largest absolute Gasteiger partial charge is 0.481 e. The molecule has 4 rings (SSSR count). The first kappa shape index (κ1) is 21.3. The monoisotopic (exact) mass is 430 g/mol. The van der Waals surface area contributed by atoms with Gasteiger partial charge in [-0.1, -0.05) is 55.0 Å². The fraction of sp³-hybridized carbons (Fsp3) is 0.308. The quantitative estimate of drug-likeness (QED) is 0.435. The van der Waals surface area contributed by atoms with Crippen LogP contribution in [0.5, 0.6) is 5.75 Å². The number of benzene rings is 2. The molecular weight excluding hydrogens is 404 g/mol. The van der Waals surface area contributed by atoms with E-state index in [2.05, 4.69) is 12.8 Å². The summed E-state index contributed by atoms with van der Waals surface area (Å²) in [5.41, 5.74) is 3.01. The molecule has 0 bridgehead atoms. The number of terminal acetylenes is 1. The minimum absolute atomic E-state index is 0.0513. The molecule has 5 heteroatoms. The van der Waals surface area contributed by atoms with Crippen molar-refractivity contribution in [3.63, 3.8) is 0 Å². The Morgan fingerprint density at radius 3 is 2.52 bits per heavy atom. The van der Waals surface area contributed by atoms with Gasteiger partial charge in [-0.05, 0) is 67.4 Å². The number of thioether (sulfide) groups is 1. The number of hydrogen-bond acceptors (Lipinski definition) is 4. The van der Waals surface area contributed by atoms with Crippen molar-refractivity contribution in [3.8, 4) is 18.1 Å². The molecule has 2 aliphatic rings. The van der Waals surface area contributed by atoms with Crippen molar-refractivity contribution in [2.24, 2.45) is 4.99 Å². The first-order valence-corrected chi connectivity index (χ1v) is 11.5. The van der Waals surface area contributed by atoms with E-state index in [1.165, 1.54) is 23.7 Å². The second kappa shape index (κ2) is 9.89. The minimum atomic E-state index is 0.0513. The highest BCUT2D eigenvalue weighted by atomic mass is 32.2. The van der Waals surface area contributed by atoms with Gasteiger partial charge in [0, 0.05) is 6.04 Å². The predicted octanol–water partition coefficient (Wildman–Crippen LogP) is 5.94. The molecule has 2 aromatic carbocycles. The number of amidine groups is 1. The van der Waals surface area contributed by atoms with Gasteiger partial charge in [0.05, 0.1) is 10.6 Å². The molecule has 1 aliphatic heterocycles. The zero-order valence-corrected chi connectivity index (χ0v) is 18.5. The predicted molar refractivity (Wildman–Crippen MR) is 128 cm³/mol. The Kier molecular flexibility index (Phi) is 6.79. The maximum Gasteiger partial charge on any atom is 0.267 e. The first-order valence-electron chi connectivity index (χ1n) is 10.7. The Morgan fingerprint density at radius 2 is 1.84 bits per heavy atom. The molecule has 0 N–H and O–H groups in total. The molecule has 1 saturated carbocycles. The van der Waals surface area contributed by atoms with Crippen LogP contribution in [0.2, 0.25) is 0 Å². The van der Waals surface area contributed by atoms with Crippen LogP contribution in [0.15, 0.2) is 58.4 Å². The van der Waals surface area contributed by atoms with Gasteiger partial charge in [0.1, 0.15) is 12.4 Å². The molecular formula is C26H26N2O2S. The molecule has 158 valence electrons. The maximum atomic E-state index is 13.4. The van der Waals surface area contributed by atoms with Crippen LogP contribution in [0.4, 0.5) is 5.69 Å². The molecule has 0 aromatic heterocycles. The van der Waals surface area contributed by atoms with E-state index in [1.54, 1.807) is 0 Å². The van der Waals surface area contributed by atoms with Crippen molar-refractivity contribution in [1.82, 2.24) is 4.90 Å². The van der Waals surface area contributed by atoms with Crippen LogP contribution >= 0.6 is 11.8 Å². The summed E-state index contributed by atoms with van der Waals surface area (Å²) in [5.74, 6) is 3.23. The Balaban J connectivity index is 1.62. The number of carbonyl (C=O) groups is 1. The summed E-state index contributed by atoms with van der Waals surface area (Å²) in [7, 11) is 0. The molecule has 1 aliphatic carbocycles. The van der Waals surface area contributed by atoms with Gasteiger partial charge < -0.3 is 4.74 Å². The molecule has 2 aromatic rings. The van der Waals surface area contributed by atoms with Gasteiger partial charge in [0.2, 0.25) is 0 Å². The van der Waals surface area contributed by atoms with E-state index in [1.807, 2.05) is 59.5 Å². The lowest BCUT2D eigenvalue weighted by Crippen LogP contribution is -2.40. The highest BCUT2D eigenvalue weighted by Crippen LogP contribution is 2.38. The third-order valence-corrected chi connectivity index (χ3v) is 6.52. The van der Waals surface area contributed by atoms with Crippen LogP contribution in [-0.4, -0.2) is 28.6 Å². The summed E-state index contributed by atoms with van der Waals surface area (Å²) in [6, 6.07) is 15.9. The first-order chi connectivity index (χ1) is 15.1. The fourth-order valence-corrected chi connectivity index (χ4v) is 4.95. The number of nitrogens with zero attached hydrogens (tertiary/aromatic N) is 2. The van der Waals surface area contributed by atoms with E-state index in [0.29, 0.717) is 4.91 Å². The van der Waals surface area contributed by atoms with Crippen LogP contribution < -0.4 is 4.74 Å². The van der Waals surface area contributed by atoms with Crippen molar-refractivity contribution in [3.05, 3.63) is 64.6 Å². The molecule has 0 atom stereocenters. The third kappa shape index (κ3) is 5.21. The van der Waals surface area contributed by atoms with Crippen molar-refractivity contribution in [1.29, 1.82) is 0 Å². The average Bonchev–Trinajstić information content (AvgIpc) is 3.10. The Labute approximate surface area is 188 Å². The molecule has 1 amide bonds. The van der Waals surface area contributed by atoms with Gasteiger partial charge in [0.25, 0.3) is 5.91 Å². The summed E-state index contributed by atoms with van der Waals surface area (Å²) in [6.45, 7) is 2.30. The second-order valence-corrected chi connectivity index (χ2v) is 8.88. The SMILES string of the molecule is C#CCOc1ccc(/C=C2/SC(=Nc3ccc(C)cc3)N(C3CCCCC3)C2=O)cc1. The molecule has 31 heavy (non-hydrogen) atoms. The lowest BCUT2D eigenvalue weighted by atomic mass is 9.94. The van der Waals surface area contributed by atoms with E-state index in [4.69, 9.17) is 16.2 Å². The average molecular weight is 431 g/mol. The maximum absolute atomic E-state index is 13.4. The minimum Gasteiger partial charge on any atom is -0.481 e. The van der Waals surface area contributed by atoms with E-state index in [-0.39, 0.29) is 18.6 Å². The van der Waals surface area contributed by atoms with Gasteiger partial charge in [0.15, 0.2) is 5.17 Å². The number of rotatable bonds is 5. The summed E-state index contributed by atoms with van der Waals surface area (Å²) in [4.78, 5) is 20.9. The molecule has 0 unspecified atom stereocenters. The van der Waals surface area contributed by atoms with E-state index in [0.717, 1.165) is 47.9 Å². The highest BCUT2D eigenvalue weighted by molar-refractivity contribution is 8.18. The zero-order chi connectivity index (χ0) is 21.6. The number of aryl methyl sites for hydroxylation is 1. The smallest absolute Gasteiger partial charge is 0.267 e. The normalized spacial score (nSPS) is 19.7. The van der Waals surface area contributed by atoms with Gasteiger partial charge in [-0.25, -0.2) is 4.99 Å². The standard InChI is InChI=1S/C26H26N2O2S/c1-3-17-30-23-15-11-20(12-16-23)18-24-25(29)28(22-7-5-4-6-8-22)26(31-24)27-21-13-9-19(2)10-14-21/h1,9-16,18,22H,4-8,17H2,2H3/b24-18+,27-26?. The van der Waals surface area contributed by atoms with E-state index in [9.17, 15) is 4.79 Å². The Hall–Kier alpha value is -2.97. The molecule has 0 spiro atoms. The second-order valence-electron chi connectivity index (χ2n) is 7.87. The van der Waals surface area contributed by atoms with Crippen molar-refractivity contribution in [2.75, 3.05) is 6.61 Å². The van der Waals surface area contributed by atoms with Crippen LogP contribution in [0.25, 0.3) is 6.08 Å². The van der Waals surface area contributed by atoms with Crippen molar-refractivity contribution in [2.45, 2.75) is 45.1 Å². The van der Waals surface area contributed by atoms with E-state index < -0.39 is 0 Å². The summed E-state index contributed by atoms with van der Waals surface area (Å²) in [5, 5.41) is 0.779. The third-order valence-electron chi connectivity index (χ3n) is 5.54. The van der Waals surface area contributed by atoms with E-state index >= 15 is 0 Å². The highest BCUT2D eigenvalue weighted by Gasteiger charge is 2.38. The van der Waals surface area contributed by atoms with Crippen LogP contribution in [0, 0.1) is 19.3 Å². The van der Waals surface area contributed by atoms with Gasteiger partial charge in [-0.2, -0.15) is 0 Å². The molecule has 0 radical (unpaired) electrons. The Morgan fingerprint density at radius 1 is 1.13 bits per heavy atom. The van der Waals surface area contributed by atoms with Crippen LogP contribution in [-0.2, 0) is 4.79 Å². The lowest BCUT2D eigenvalue weighted by molar-refractivity contribution is -0.124. The summed E-state index contributed by atoms with van der Waals surface area (Å²) >= 11 is 1.46. The van der Waals surface area contributed by atoms with Crippen molar-refractivity contribution >= 4 is 34.6 Å². The summed E-state index contributed by atoms with van der Waals surface area (Å²) in [6.07, 6.45) is 12.8. The van der Waals surface area contributed by atoms with Crippen molar-refractivity contribution < 1.29 is 9.53 Å². The molecule has 4 nitrogen and oxygen atoms in total. The van der Waals surface area contributed by atoms with Gasteiger partial charge >= 0.3 is 0 Å². The molecule has 1 saturated heterocycles. The number of carbonyl (C=O) groups excluding carboxylic acids is 1. The number of hydrogen-bond donors (Lipinski definition) is 0. The number of ether oxygens (including phenoxy) is 1. The number of aliphatic imine (C=N–C) groups is 1. The fourth-order valence-electron chi connectivity index (χ4n) is 3.89. The van der Waals surface area contributed by atoms with Gasteiger partial charge in [-0.3, -0.25) is 9.69 Å². The van der Waals surface area contributed by atoms with Gasteiger partial charge in [-0.15, -0.1) is 6.42 Å².